The SMILES string of the molecule is C[S@@+]([O-])c1cccc(O)c1. The second-order valence-electron chi connectivity index (χ2n) is 1.95. The molecule has 0 aliphatic carbocycles. The first-order chi connectivity index (χ1) is 4.70. The summed E-state index contributed by atoms with van der Waals surface area (Å²) in [6, 6.07) is 6.44. The van der Waals surface area contributed by atoms with Crippen molar-refractivity contribution in [2.24, 2.45) is 0 Å². The molecule has 0 radical (unpaired) electrons. The maximum absolute atomic E-state index is 10.8. The van der Waals surface area contributed by atoms with Crippen LogP contribution in [0.2, 0.25) is 0 Å². The van der Waals surface area contributed by atoms with Gasteiger partial charge in [-0.2, -0.15) is 0 Å². The van der Waals surface area contributed by atoms with Gasteiger partial charge in [-0.25, -0.2) is 0 Å². The van der Waals surface area contributed by atoms with E-state index in [1.807, 2.05) is 0 Å². The molecule has 0 unspecified atom stereocenters. The summed E-state index contributed by atoms with van der Waals surface area (Å²) in [7, 11) is 0. The van der Waals surface area contributed by atoms with Crippen LogP contribution in [-0.4, -0.2) is 15.9 Å². The lowest BCUT2D eigenvalue weighted by Crippen LogP contribution is -1.95. The van der Waals surface area contributed by atoms with Crippen molar-refractivity contribution in [3.8, 4) is 5.75 Å². The van der Waals surface area contributed by atoms with Gasteiger partial charge in [0.15, 0.2) is 4.90 Å². The molecule has 0 aliphatic rings. The summed E-state index contributed by atoms with van der Waals surface area (Å²) in [4.78, 5) is 0.653. The van der Waals surface area contributed by atoms with Gasteiger partial charge in [-0.3, -0.25) is 0 Å². The minimum atomic E-state index is -0.999. The highest BCUT2D eigenvalue weighted by molar-refractivity contribution is 7.90. The van der Waals surface area contributed by atoms with Crippen LogP contribution in [0.15, 0.2) is 29.2 Å². The fourth-order valence-electron chi connectivity index (χ4n) is 0.662. The number of phenols is 1. The highest BCUT2D eigenvalue weighted by Gasteiger charge is 2.02. The molecule has 0 saturated carbocycles. The minimum Gasteiger partial charge on any atom is -0.612 e. The van der Waals surface area contributed by atoms with Crippen molar-refractivity contribution in [1.29, 1.82) is 0 Å². The molecule has 1 rings (SSSR count). The zero-order valence-electron chi connectivity index (χ0n) is 5.57. The van der Waals surface area contributed by atoms with E-state index in [1.165, 1.54) is 6.07 Å². The third-order valence-electron chi connectivity index (χ3n) is 1.15. The van der Waals surface area contributed by atoms with Gasteiger partial charge in [0.1, 0.15) is 12.0 Å². The average molecular weight is 156 g/mol. The van der Waals surface area contributed by atoms with Gasteiger partial charge >= 0.3 is 0 Å². The molecular weight excluding hydrogens is 148 g/mol. The summed E-state index contributed by atoms with van der Waals surface area (Å²) < 4.78 is 10.8. The standard InChI is InChI=1S/C7H8O2S/c1-10(9)7-4-2-3-6(8)5-7/h2-5,8H,1H3/t10-/m1/s1. The van der Waals surface area contributed by atoms with Crippen LogP contribution in [0.5, 0.6) is 5.75 Å². The van der Waals surface area contributed by atoms with Gasteiger partial charge < -0.3 is 9.66 Å². The van der Waals surface area contributed by atoms with Crippen LogP contribution < -0.4 is 0 Å². The fourth-order valence-corrected chi connectivity index (χ4v) is 1.22. The Hall–Kier alpha value is -0.670. The summed E-state index contributed by atoms with van der Waals surface area (Å²) in [6.45, 7) is 0. The molecule has 0 saturated heterocycles. The molecule has 3 heteroatoms. The number of rotatable bonds is 1. The number of hydrogen-bond donors (Lipinski definition) is 1. The Balaban J connectivity index is 2.96. The van der Waals surface area contributed by atoms with Crippen molar-refractivity contribution in [2.75, 3.05) is 6.26 Å². The van der Waals surface area contributed by atoms with Crippen LogP contribution in [0, 0.1) is 0 Å². The molecule has 0 aromatic heterocycles. The predicted octanol–water partition coefficient (Wildman–Crippen LogP) is 1.13. The van der Waals surface area contributed by atoms with Gasteiger partial charge in [-0.15, -0.1) is 0 Å². The Morgan fingerprint density at radius 2 is 2.20 bits per heavy atom. The minimum absolute atomic E-state index is 0.160. The van der Waals surface area contributed by atoms with E-state index in [9.17, 15) is 4.55 Å². The van der Waals surface area contributed by atoms with E-state index >= 15 is 0 Å². The first-order valence-electron chi connectivity index (χ1n) is 2.82. The molecule has 1 N–H and O–H groups in total. The summed E-state index contributed by atoms with van der Waals surface area (Å²) >= 11 is -0.999. The highest BCUT2D eigenvalue weighted by atomic mass is 32.2. The summed E-state index contributed by atoms with van der Waals surface area (Å²) in [5.41, 5.74) is 0. The number of phenolic OH excluding ortho intramolecular Hbond substituents is 1. The van der Waals surface area contributed by atoms with E-state index < -0.39 is 11.2 Å². The third kappa shape index (κ3) is 1.65. The molecule has 0 heterocycles. The van der Waals surface area contributed by atoms with Crippen molar-refractivity contribution in [3.05, 3.63) is 24.3 Å². The second-order valence-corrected chi connectivity index (χ2v) is 3.33. The first kappa shape index (κ1) is 7.44. The molecule has 0 aliphatic heterocycles. The monoisotopic (exact) mass is 156 g/mol. The Bertz CT molecular complexity index is 223. The lowest BCUT2D eigenvalue weighted by atomic mass is 10.3. The highest BCUT2D eigenvalue weighted by Crippen LogP contribution is 2.14. The van der Waals surface area contributed by atoms with E-state index in [1.54, 1.807) is 24.5 Å². The number of hydrogen-bond acceptors (Lipinski definition) is 2. The van der Waals surface area contributed by atoms with Crippen LogP contribution >= 0.6 is 0 Å². The fraction of sp³-hybridized carbons (Fsp3) is 0.143. The Morgan fingerprint density at radius 3 is 2.60 bits per heavy atom. The van der Waals surface area contributed by atoms with Crippen LogP contribution in [-0.2, 0) is 11.2 Å². The van der Waals surface area contributed by atoms with Crippen LogP contribution in [0.3, 0.4) is 0 Å². The van der Waals surface area contributed by atoms with Crippen molar-refractivity contribution < 1.29 is 9.66 Å². The van der Waals surface area contributed by atoms with Crippen molar-refractivity contribution in [2.45, 2.75) is 4.90 Å². The smallest absolute Gasteiger partial charge is 0.156 e. The van der Waals surface area contributed by atoms with E-state index in [4.69, 9.17) is 5.11 Å². The summed E-state index contributed by atoms with van der Waals surface area (Å²) in [6.07, 6.45) is 1.58. The molecule has 1 aromatic rings. The van der Waals surface area contributed by atoms with Gasteiger partial charge in [-0.1, -0.05) is 6.07 Å². The lowest BCUT2D eigenvalue weighted by molar-refractivity contribution is 0.473. The van der Waals surface area contributed by atoms with Crippen LogP contribution in [0.25, 0.3) is 0 Å². The van der Waals surface area contributed by atoms with E-state index in [0.29, 0.717) is 4.90 Å². The normalized spacial score (nSPS) is 13.0. The summed E-state index contributed by atoms with van der Waals surface area (Å²) in [5, 5.41) is 8.93. The topological polar surface area (TPSA) is 43.3 Å². The molecular formula is C7H8O2S. The first-order valence-corrected chi connectivity index (χ1v) is 4.38. The van der Waals surface area contributed by atoms with Gasteiger partial charge in [0.05, 0.1) is 0 Å². The second kappa shape index (κ2) is 2.94. The zero-order valence-corrected chi connectivity index (χ0v) is 6.39. The average Bonchev–Trinajstić information content (AvgIpc) is 1.88. The molecule has 0 bridgehead atoms. The molecule has 10 heavy (non-hydrogen) atoms. The molecule has 2 nitrogen and oxygen atoms in total. The Kier molecular flexibility index (Phi) is 2.19. The lowest BCUT2D eigenvalue weighted by Gasteiger charge is -2.02. The predicted molar refractivity (Wildman–Crippen MR) is 40.4 cm³/mol. The third-order valence-corrected chi connectivity index (χ3v) is 2.07. The molecule has 1 atom stereocenters. The Morgan fingerprint density at radius 1 is 1.50 bits per heavy atom. The maximum Gasteiger partial charge on any atom is 0.156 e. The van der Waals surface area contributed by atoms with Crippen LogP contribution in [0.1, 0.15) is 0 Å². The molecule has 0 amide bonds. The molecule has 0 fully saturated rings. The van der Waals surface area contributed by atoms with Crippen molar-refractivity contribution in [1.82, 2.24) is 0 Å². The summed E-state index contributed by atoms with van der Waals surface area (Å²) in [5.74, 6) is 0.160. The van der Waals surface area contributed by atoms with Gasteiger partial charge in [-0.05, 0) is 23.3 Å². The van der Waals surface area contributed by atoms with Gasteiger partial charge in [0.25, 0.3) is 0 Å². The van der Waals surface area contributed by atoms with Crippen molar-refractivity contribution in [3.63, 3.8) is 0 Å². The van der Waals surface area contributed by atoms with Crippen LogP contribution in [0.4, 0.5) is 0 Å². The molecule has 1 aromatic carbocycles. The molecule has 54 valence electrons. The van der Waals surface area contributed by atoms with E-state index in [-0.39, 0.29) is 5.75 Å². The Labute approximate surface area is 62.7 Å². The van der Waals surface area contributed by atoms with Crippen molar-refractivity contribution >= 4 is 11.2 Å². The number of aromatic hydroxyl groups is 1. The molecule has 0 spiro atoms. The number of benzene rings is 1. The quantitative estimate of drug-likeness (QED) is 0.619. The zero-order chi connectivity index (χ0) is 7.56. The van der Waals surface area contributed by atoms with Gasteiger partial charge in [0, 0.05) is 6.07 Å². The van der Waals surface area contributed by atoms with Gasteiger partial charge in [0.2, 0.25) is 0 Å². The van der Waals surface area contributed by atoms with E-state index in [2.05, 4.69) is 0 Å². The maximum atomic E-state index is 10.8. The largest absolute Gasteiger partial charge is 0.612 e. The van der Waals surface area contributed by atoms with E-state index in [0.717, 1.165) is 0 Å².